The van der Waals surface area contributed by atoms with Crippen LogP contribution in [0.5, 0.6) is 0 Å². The Kier molecular flexibility index (Phi) is 8.90. The maximum absolute atomic E-state index is 12.8. The Morgan fingerprint density at radius 2 is 1.94 bits per heavy atom. The molecule has 172 valence electrons. The van der Waals surface area contributed by atoms with E-state index in [0.717, 1.165) is 19.3 Å². The Hall–Kier alpha value is -2.61. The lowest BCUT2D eigenvalue weighted by Gasteiger charge is -2.21. The molecule has 2 aromatic rings. The first-order valence-corrected chi connectivity index (χ1v) is 12.3. The molecule has 1 unspecified atom stereocenters. The molecule has 0 saturated heterocycles. The number of nitrogens with one attached hydrogen (secondary N) is 2. The molecule has 1 aromatic heterocycles. The van der Waals surface area contributed by atoms with E-state index >= 15 is 0 Å². The minimum absolute atomic E-state index is 0.0210. The van der Waals surface area contributed by atoms with Gasteiger partial charge in [-0.15, -0.1) is 16.8 Å². The number of nitrogens with zero attached hydrogens (tertiary/aromatic N) is 3. The molecule has 32 heavy (non-hydrogen) atoms. The molecule has 7 nitrogen and oxygen atoms in total. The van der Waals surface area contributed by atoms with Crippen molar-refractivity contribution in [2.45, 2.75) is 69.7 Å². The first-order chi connectivity index (χ1) is 15.5. The number of allylic oxidation sites excluding steroid dienone is 1. The molecular weight excluding hydrogens is 422 g/mol. The van der Waals surface area contributed by atoms with Crippen LogP contribution >= 0.6 is 11.8 Å². The number of benzene rings is 1. The first-order valence-electron chi connectivity index (χ1n) is 11.3. The van der Waals surface area contributed by atoms with Crippen molar-refractivity contribution >= 4 is 23.6 Å². The lowest BCUT2D eigenvalue weighted by atomic mass is 10.0. The predicted molar refractivity (Wildman–Crippen MR) is 127 cm³/mol. The topological polar surface area (TPSA) is 88.9 Å². The highest BCUT2D eigenvalue weighted by atomic mass is 32.2. The van der Waals surface area contributed by atoms with Gasteiger partial charge in [0.15, 0.2) is 11.0 Å². The van der Waals surface area contributed by atoms with Crippen molar-refractivity contribution in [1.29, 1.82) is 0 Å². The van der Waals surface area contributed by atoms with Gasteiger partial charge in [0.1, 0.15) is 0 Å². The Labute approximate surface area is 194 Å². The molecule has 2 N–H and O–H groups in total. The zero-order valence-electron chi connectivity index (χ0n) is 18.9. The number of aromatic nitrogens is 3. The summed E-state index contributed by atoms with van der Waals surface area (Å²) < 4.78 is 1.94. The fraction of sp³-hybridized carbons (Fsp3) is 0.500. The van der Waals surface area contributed by atoms with Gasteiger partial charge in [-0.1, -0.05) is 62.7 Å². The van der Waals surface area contributed by atoms with E-state index in [-0.39, 0.29) is 23.6 Å². The van der Waals surface area contributed by atoms with Gasteiger partial charge in [-0.25, -0.2) is 0 Å². The first kappa shape index (κ1) is 24.0. The smallest absolute Gasteiger partial charge is 0.251 e. The summed E-state index contributed by atoms with van der Waals surface area (Å²) in [5, 5.41) is 15.6. The van der Waals surface area contributed by atoms with Crippen LogP contribution in [0.1, 0.15) is 68.2 Å². The van der Waals surface area contributed by atoms with Crippen LogP contribution in [-0.2, 0) is 11.3 Å². The lowest BCUT2D eigenvalue weighted by molar-refractivity contribution is -0.119. The van der Waals surface area contributed by atoms with Gasteiger partial charge in [-0.05, 0) is 37.3 Å². The van der Waals surface area contributed by atoms with Crippen molar-refractivity contribution < 1.29 is 9.59 Å². The van der Waals surface area contributed by atoms with E-state index in [1.807, 2.05) is 22.8 Å². The van der Waals surface area contributed by atoms with E-state index in [9.17, 15) is 9.59 Å². The maximum atomic E-state index is 12.8. The average Bonchev–Trinajstić information content (AvgIpc) is 3.42. The van der Waals surface area contributed by atoms with Crippen molar-refractivity contribution in [2.24, 2.45) is 5.92 Å². The van der Waals surface area contributed by atoms with Crippen molar-refractivity contribution in [3.05, 3.63) is 54.4 Å². The molecule has 0 aliphatic heterocycles. The zero-order chi connectivity index (χ0) is 22.9. The molecule has 3 rings (SSSR count). The quantitative estimate of drug-likeness (QED) is 0.393. The number of thioether (sulfide) groups is 1. The summed E-state index contributed by atoms with van der Waals surface area (Å²) in [6, 6.07) is 9.16. The molecule has 1 aliphatic carbocycles. The molecule has 1 atom stereocenters. The van der Waals surface area contributed by atoms with E-state index in [1.165, 1.54) is 24.6 Å². The number of hydrogen-bond acceptors (Lipinski definition) is 5. The van der Waals surface area contributed by atoms with Gasteiger partial charge in [0.2, 0.25) is 5.91 Å². The molecule has 0 radical (unpaired) electrons. The SMILES string of the molecule is C=CCn1c(SCC(=O)NC2CCCC2)nnc1C(CC(C)C)NC(=O)c1ccccc1. The zero-order valence-corrected chi connectivity index (χ0v) is 19.7. The molecule has 1 heterocycles. The fourth-order valence-corrected chi connectivity index (χ4v) is 4.73. The standard InChI is InChI=1S/C24H33N5O2S/c1-4-14-29-22(20(15-17(2)3)26-23(31)18-10-6-5-7-11-18)27-28-24(29)32-16-21(30)25-19-12-8-9-13-19/h4-7,10-11,17,19-20H,1,8-9,12-16H2,2-3H3,(H,25,30)(H,26,31). The molecule has 1 fully saturated rings. The second-order valence-corrected chi connectivity index (χ2v) is 9.54. The Morgan fingerprint density at radius 3 is 2.59 bits per heavy atom. The van der Waals surface area contributed by atoms with Crippen LogP contribution in [0.25, 0.3) is 0 Å². The van der Waals surface area contributed by atoms with Crippen LogP contribution in [0.3, 0.4) is 0 Å². The van der Waals surface area contributed by atoms with E-state index in [0.29, 0.717) is 35.0 Å². The summed E-state index contributed by atoms with van der Waals surface area (Å²) in [6.07, 6.45) is 6.99. The normalized spacial score (nSPS) is 15.0. The predicted octanol–water partition coefficient (Wildman–Crippen LogP) is 4.13. The van der Waals surface area contributed by atoms with E-state index < -0.39 is 0 Å². The van der Waals surface area contributed by atoms with Gasteiger partial charge in [-0.2, -0.15) is 0 Å². The molecule has 1 aliphatic rings. The van der Waals surface area contributed by atoms with Gasteiger partial charge >= 0.3 is 0 Å². The Bertz CT molecular complexity index is 906. The average molecular weight is 456 g/mol. The van der Waals surface area contributed by atoms with Crippen LogP contribution in [0, 0.1) is 5.92 Å². The maximum Gasteiger partial charge on any atom is 0.251 e. The second-order valence-electron chi connectivity index (χ2n) is 8.60. The Balaban J connectivity index is 1.73. The third kappa shape index (κ3) is 6.69. The van der Waals surface area contributed by atoms with Crippen LogP contribution in [0.4, 0.5) is 0 Å². The van der Waals surface area contributed by atoms with Crippen LogP contribution in [0.15, 0.2) is 48.1 Å². The van der Waals surface area contributed by atoms with Crippen LogP contribution < -0.4 is 10.6 Å². The molecule has 1 saturated carbocycles. The van der Waals surface area contributed by atoms with Gasteiger partial charge in [0.25, 0.3) is 5.91 Å². The van der Waals surface area contributed by atoms with Crippen molar-refractivity contribution in [2.75, 3.05) is 5.75 Å². The molecule has 8 heteroatoms. The monoisotopic (exact) mass is 455 g/mol. The van der Waals surface area contributed by atoms with Gasteiger partial charge < -0.3 is 15.2 Å². The summed E-state index contributed by atoms with van der Waals surface area (Å²) in [6.45, 7) is 8.58. The lowest BCUT2D eigenvalue weighted by Crippen LogP contribution is -2.34. The second kappa shape index (κ2) is 11.9. The van der Waals surface area contributed by atoms with Crippen LogP contribution in [-0.4, -0.2) is 38.4 Å². The number of carbonyl (C=O) groups excluding carboxylic acids is 2. The highest BCUT2D eigenvalue weighted by Crippen LogP contribution is 2.26. The minimum Gasteiger partial charge on any atom is -0.353 e. The summed E-state index contributed by atoms with van der Waals surface area (Å²) in [5.74, 6) is 1.19. The summed E-state index contributed by atoms with van der Waals surface area (Å²) >= 11 is 1.37. The molecular formula is C24H33N5O2S. The summed E-state index contributed by atoms with van der Waals surface area (Å²) in [7, 11) is 0. The number of carbonyl (C=O) groups is 2. The minimum atomic E-state index is -0.295. The largest absolute Gasteiger partial charge is 0.353 e. The van der Waals surface area contributed by atoms with Crippen molar-refractivity contribution in [3.63, 3.8) is 0 Å². The van der Waals surface area contributed by atoms with E-state index in [4.69, 9.17) is 0 Å². The number of hydrogen-bond donors (Lipinski definition) is 2. The highest BCUT2D eigenvalue weighted by molar-refractivity contribution is 7.99. The Morgan fingerprint density at radius 1 is 1.22 bits per heavy atom. The molecule has 1 aromatic carbocycles. The van der Waals surface area contributed by atoms with Gasteiger partial charge in [0.05, 0.1) is 11.8 Å². The van der Waals surface area contributed by atoms with E-state index in [2.05, 4.69) is 41.3 Å². The van der Waals surface area contributed by atoms with Crippen LogP contribution in [0.2, 0.25) is 0 Å². The molecule has 2 amide bonds. The molecule has 0 spiro atoms. The number of amides is 2. The highest BCUT2D eigenvalue weighted by Gasteiger charge is 2.25. The summed E-state index contributed by atoms with van der Waals surface area (Å²) in [5.41, 5.74) is 0.606. The van der Waals surface area contributed by atoms with E-state index in [1.54, 1.807) is 18.2 Å². The third-order valence-corrected chi connectivity index (χ3v) is 6.44. The van der Waals surface area contributed by atoms with Gasteiger partial charge in [0, 0.05) is 18.2 Å². The van der Waals surface area contributed by atoms with Crippen molar-refractivity contribution in [3.8, 4) is 0 Å². The third-order valence-electron chi connectivity index (χ3n) is 5.47. The van der Waals surface area contributed by atoms with Gasteiger partial charge in [-0.3, -0.25) is 9.59 Å². The van der Waals surface area contributed by atoms with Crippen molar-refractivity contribution in [1.82, 2.24) is 25.4 Å². The molecule has 0 bridgehead atoms. The summed E-state index contributed by atoms with van der Waals surface area (Å²) in [4.78, 5) is 25.2. The number of rotatable bonds is 11. The fourth-order valence-electron chi connectivity index (χ4n) is 3.97.